The van der Waals surface area contributed by atoms with Crippen molar-refractivity contribution in [1.29, 1.82) is 0 Å². The first-order valence-electron chi connectivity index (χ1n) is 6.18. The van der Waals surface area contributed by atoms with Crippen LogP contribution in [0.25, 0.3) is 0 Å². The van der Waals surface area contributed by atoms with Crippen molar-refractivity contribution in [2.45, 2.75) is 19.8 Å². The number of hydrogen-bond acceptors (Lipinski definition) is 1. The maximum atomic E-state index is 12.2. The van der Waals surface area contributed by atoms with Gasteiger partial charge in [-0.1, -0.05) is 41.7 Å². The number of anilines is 1. The Balaban J connectivity index is 2.10. The fraction of sp³-hybridized carbons (Fsp3) is 0.462. The summed E-state index contributed by atoms with van der Waals surface area (Å²) in [5, 5.41) is 3.89. The van der Waals surface area contributed by atoms with Crippen molar-refractivity contribution in [3.8, 4) is 0 Å². The van der Waals surface area contributed by atoms with E-state index in [1.54, 1.807) is 17.0 Å². The molecule has 1 atom stereocenters. The second-order valence-electron chi connectivity index (χ2n) is 4.87. The zero-order valence-corrected chi connectivity index (χ0v) is 12.8. The lowest BCUT2D eigenvalue weighted by Crippen LogP contribution is -2.41. The molecular weight excluding hydrogens is 307 g/mol. The van der Waals surface area contributed by atoms with Crippen molar-refractivity contribution in [2.75, 3.05) is 18.4 Å². The van der Waals surface area contributed by atoms with Gasteiger partial charge in [-0.2, -0.15) is 0 Å². The van der Waals surface area contributed by atoms with E-state index < -0.39 is 0 Å². The van der Waals surface area contributed by atoms with Crippen LogP contribution in [0, 0.1) is 5.92 Å². The topological polar surface area (TPSA) is 32.3 Å². The fourth-order valence-corrected chi connectivity index (χ4v) is 3.13. The minimum Gasteiger partial charge on any atom is -0.324 e. The number of benzene rings is 1. The summed E-state index contributed by atoms with van der Waals surface area (Å²) in [6.45, 7) is 3.66. The van der Waals surface area contributed by atoms with Crippen LogP contribution >= 0.6 is 34.8 Å². The lowest BCUT2D eigenvalue weighted by molar-refractivity contribution is 0.182. The van der Waals surface area contributed by atoms with Crippen LogP contribution in [-0.4, -0.2) is 24.0 Å². The largest absolute Gasteiger partial charge is 0.324 e. The Morgan fingerprint density at radius 3 is 2.53 bits per heavy atom. The lowest BCUT2D eigenvalue weighted by Gasteiger charge is -2.31. The van der Waals surface area contributed by atoms with Gasteiger partial charge in [-0.05, 0) is 30.9 Å². The van der Waals surface area contributed by atoms with Crippen molar-refractivity contribution < 1.29 is 4.79 Å². The monoisotopic (exact) mass is 320 g/mol. The van der Waals surface area contributed by atoms with Gasteiger partial charge >= 0.3 is 6.03 Å². The van der Waals surface area contributed by atoms with Crippen LogP contribution in [0.1, 0.15) is 19.8 Å². The Labute approximate surface area is 127 Å². The first-order chi connectivity index (χ1) is 8.97. The van der Waals surface area contributed by atoms with E-state index in [-0.39, 0.29) is 6.03 Å². The number of rotatable bonds is 1. The third-order valence-corrected chi connectivity index (χ3v) is 4.00. The molecule has 0 radical (unpaired) electrons. The van der Waals surface area contributed by atoms with Gasteiger partial charge in [0.25, 0.3) is 0 Å². The lowest BCUT2D eigenvalue weighted by atomic mass is 10.0. The van der Waals surface area contributed by atoms with Gasteiger partial charge in [-0.25, -0.2) is 4.79 Å². The van der Waals surface area contributed by atoms with Gasteiger partial charge in [0.15, 0.2) is 0 Å². The molecule has 1 aliphatic heterocycles. The van der Waals surface area contributed by atoms with Crippen LogP contribution in [0.15, 0.2) is 12.1 Å². The molecule has 19 heavy (non-hydrogen) atoms. The van der Waals surface area contributed by atoms with Crippen LogP contribution in [-0.2, 0) is 0 Å². The first kappa shape index (κ1) is 14.8. The van der Waals surface area contributed by atoms with E-state index in [4.69, 9.17) is 34.8 Å². The highest BCUT2D eigenvalue weighted by Crippen LogP contribution is 2.34. The Morgan fingerprint density at radius 1 is 1.32 bits per heavy atom. The van der Waals surface area contributed by atoms with Crippen molar-refractivity contribution >= 4 is 46.5 Å². The molecule has 6 heteroatoms. The predicted octanol–water partition coefficient (Wildman–Crippen LogP) is 4.91. The SMILES string of the molecule is CC1CCCN(C(=O)Nc2c(Cl)cc(Cl)cc2Cl)C1. The average Bonchev–Trinajstić information content (AvgIpc) is 2.33. The van der Waals surface area contributed by atoms with E-state index in [0.29, 0.717) is 26.7 Å². The van der Waals surface area contributed by atoms with E-state index in [0.717, 1.165) is 25.9 Å². The highest BCUT2D eigenvalue weighted by molar-refractivity contribution is 6.42. The van der Waals surface area contributed by atoms with Crippen LogP contribution in [0.5, 0.6) is 0 Å². The molecule has 0 aliphatic carbocycles. The van der Waals surface area contributed by atoms with Crippen LogP contribution in [0.3, 0.4) is 0 Å². The van der Waals surface area contributed by atoms with Gasteiger partial charge in [0, 0.05) is 18.1 Å². The summed E-state index contributed by atoms with van der Waals surface area (Å²) >= 11 is 17.9. The molecule has 2 amide bonds. The van der Waals surface area contributed by atoms with E-state index >= 15 is 0 Å². The minimum absolute atomic E-state index is 0.169. The number of likely N-dealkylation sites (tertiary alicyclic amines) is 1. The van der Waals surface area contributed by atoms with Crippen LogP contribution in [0.4, 0.5) is 10.5 Å². The summed E-state index contributed by atoms with van der Waals surface area (Å²) < 4.78 is 0. The number of halogens is 3. The van der Waals surface area contributed by atoms with E-state index in [9.17, 15) is 4.79 Å². The molecule has 1 aromatic rings. The van der Waals surface area contributed by atoms with Gasteiger partial charge < -0.3 is 10.2 Å². The summed E-state index contributed by atoms with van der Waals surface area (Å²) in [5.74, 6) is 0.524. The second kappa shape index (κ2) is 6.21. The molecule has 0 saturated carbocycles. The molecule has 0 spiro atoms. The standard InChI is InChI=1S/C13H15Cl3N2O/c1-8-3-2-4-18(7-8)13(19)17-12-10(15)5-9(14)6-11(12)16/h5-6,8H,2-4,7H2,1H3,(H,17,19). The number of amides is 2. The first-order valence-corrected chi connectivity index (χ1v) is 7.31. The molecular formula is C13H15Cl3N2O. The Bertz CT molecular complexity index is 470. The minimum atomic E-state index is -0.169. The van der Waals surface area contributed by atoms with Gasteiger partial charge in [0.2, 0.25) is 0 Å². The van der Waals surface area contributed by atoms with Crippen molar-refractivity contribution in [3.63, 3.8) is 0 Å². The Hall–Kier alpha value is -0.640. The quantitative estimate of drug-likeness (QED) is 0.783. The maximum absolute atomic E-state index is 12.2. The molecule has 1 unspecified atom stereocenters. The number of nitrogens with zero attached hydrogens (tertiary/aromatic N) is 1. The van der Waals surface area contributed by atoms with Crippen molar-refractivity contribution in [3.05, 3.63) is 27.2 Å². The highest BCUT2D eigenvalue weighted by Gasteiger charge is 2.22. The predicted molar refractivity (Wildman–Crippen MR) is 80.5 cm³/mol. The number of hydrogen-bond donors (Lipinski definition) is 1. The Morgan fingerprint density at radius 2 is 1.95 bits per heavy atom. The van der Waals surface area contributed by atoms with Gasteiger partial charge in [0.05, 0.1) is 15.7 Å². The summed E-state index contributed by atoms with van der Waals surface area (Å²) in [6.07, 6.45) is 2.18. The molecule has 1 fully saturated rings. The molecule has 0 aromatic heterocycles. The molecule has 2 rings (SSSR count). The number of piperidine rings is 1. The number of urea groups is 1. The zero-order valence-electron chi connectivity index (χ0n) is 10.5. The smallest absolute Gasteiger partial charge is 0.321 e. The molecule has 1 aliphatic rings. The normalized spacial score (nSPS) is 19.4. The Kier molecular flexibility index (Phi) is 4.82. The number of carbonyl (C=O) groups excluding carboxylic acids is 1. The van der Waals surface area contributed by atoms with Gasteiger partial charge in [-0.3, -0.25) is 0 Å². The second-order valence-corrected chi connectivity index (χ2v) is 6.12. The van der Waals surface area contributed by atoms with Gasteiger partial charge in [0.1, 0.15) is 0 Å². The highest BCUT2D eigenvalue weighted by atomic mass is 35.5. The van der Waals surface area contributed by atoms with Gasteiger partial charge in [-0.15, -0.1) is 0 Å². The maximum Gasteiger partial charge on any atom is 0.321 e. The third kappa shape index (κ3) is 3.68. The summed E-state index contributed by atoms with van der Waals surface area (Å²) in [4.78, 5) is 14.0. The summed E-state index contributed by atoms with van der Waals surface area (Å²) in [5.41, 5.74) is 0.413. The van der Waals surface area contributed by atoms with E-state index in [2.05, 4.69) is 12.2 Å². The van der Waals surface area contributed by atoms with Crippen LogP contribution < -0.4 is 5.32 Å². The molecule has 0 bridgehead atoms. The molecule has 1 saturated heterocycles. The fourth-order valence-electron chi connectivity index (χ4n) is 2.22. The molecule has 3 nitrogen and oxygen atoms in total. The average molecular weight is 322 g/mol. The summed E-state index contributed by atoms with van der Waals surface area (Å²) in [6, 6.07) is 2.95. The molecule has 1 heterocycles. The van der Waals surface area contributed by atoms with Crippen molar-refractivity contribution in [2.24, 2.45) is 5.92 Å². The number of nitrogens with one attached hydrogen (secondary N) is 1. The molecule has 1 N–H and O–H groups in total. The van der Waals surface area contributed by atoms with E-state index in [1.165, 1.54) is 0 Å². The van der Waals surface area contributed by atoms with Crippen LogP contribution in [0.2, 0.25) is 15.1 Å². The summed E-state index contributed by atoms with van der Waals surface area (Å²) in [7, 11) is 0. The molecule has 104 valence electrons. The number of carbonyl (C=O) groups is 1. The molecule has 1 aromatic carbocycles. The zero-order chi connectivity index (χ0) is 14.0. The van der Waals surface area contributed by atoms with Crippen molar-refractivity contribution in [1.82, 2.24) is 4.90 Å². The van der Waals surface area contributed by atoms with E-state index in [1.807, 2.05) is 0 Å². The third-order valence-electron chi connectivity index (χ3n) is 3.18.